The molecule has 0 radical (unpaired) electrons. The summed E-state index contributed by atoms with van der Waals surface area (Å²) in [5, 5.41) is 9.54. The molecule has 2 aliphatic heterocycles. The van der Waals surface area contributed by atoms with E-state index in [0.717, 1.165) is 16.7 Å². The topological polar surface area (TPSA) is 116 Å². The van der Waals surface area contributed by atoms with Crippen molar-refractivity contribution in [3.05, 3.63) is 119 Å². The Hall–Kier alpha value is -4.35. The fraction of sp³-hybridized carbons (Fsp3) is 0.324. The summed E-state index contributed by atoms with van der Waals surface area (Å²) < 4.78 is 31.4. The number of amides is 1. The fourth-order valence-corrected chi connectivity index (χ4v) is 5.96. The number of carbonyl (C=O) groups excluding carboxylic acids is 1. The number of aliphatic imine (C=N–C) groups is 1. The highest BCUT2D eigenvalue weighted by Gasteiger charge is 2.57. The quantitative estimate of drug-likeness (QED) is 0.135. The molecule has 1 aromatic heterocycles. The number of alkyl carbamates (subject to hydrolysis) is 1. The molecule has 2 aliphatic rings. The number of nitrogens with one attached hydrogen (secondary N) is 2. The molecular formula is C34H36N4O6. The maximum atomic E-state index is 11.7. The van der Waals surface area contributed by atoms with E-state index in [9.17, 15) is 4.79 Å². The van der Waals surface area contributed by atoms with Gasteiger partial charge in [-0.2, -0.15) is 5.10 Å². The summed E-state index contributed by atoms with van der Waals surface area (Å²) in [5.41, 5.74) is 2.74. The number of H-pyrrole nitrogens is 1. The maximum Gasteiger partial charge on any atom is 0.412 e. The number of ether oxygens (including phenoxy) is 5. The lowest BCUT2D eigenvalue weighted by Crippen LogP contribution is -2.39. The Morgan fingerprint density at radius 3 is 2.09 bits per heavy atom. The first kappa shape index (κ1) is 29.7. The lowest BCUT2D eigenvalue weighted by molar-refractivity contribution is -0.196. The van der Waals surface area contributed by atoms with E-state index in [1.165, 1.54) is 6.34 Å². The van der Waals surface area contributed by atoms with Gasteiger partial charge in [-0.3, -0.25) is 10.4 Å². The molecule has 228 valence electrons. The van der Waals surface area contributed by atoms with Crippen molar-refractivity contribution >= 4 is 18.2 Å². The third kappa shape index (κ3) is 5.89. The lowest BCUT2D eigenvalue weighted by Gasteiger charge is -2.37. The molecule has 0 spiro atoms. The molecule has 2 fully saturated rings. The molecular weight excluding hydrogens is 560 g/mol. The van der Waals surface area contributed by atoms with Crippen molar-refractivity contribution in [3.63, 3.8) is 0 Å². The Morgan fingerprint density at radius 1 is 0.955 bits per heavy atom. The summed E-state index contributed by atoms with van der Waals surface area (Å²) in [4.78, 5) is 16.1. The van der Waals surface area contributed by atoms with Crippen LogP contribution in [0, 0.1) is 0 Å². The number of benzene rings is 3. The van der Waals surface area contributed by atoms with Crippen LogP contribution in [-0.2, 0) is 29.3 Å². The Labute approximate surface area is 256 Å². The van der Waals surface area contributed by atoms with E-state index in [1.807, 2.05) is 68.4 Å². The van der Waals surface area contributed by atoms with Crippen LogP contribution in [0.25, 0.3) is 0 Å². The minimum Gasteiger partial charge on any atom is -0.450 e. The number of aromatic nitrogens is 2. The first-order valence-electron chi connectivity index (χ1n) is 14.7. The summed E-state index contributed by atoms with van der Waals surface area (Å²) in [6.45, 7) is 5.97. The number of hydrogen-bond donors (Lipinski definition) is 2. The van der Waals surface area contributed by atoms with Crippen LogP contribution in [0.1, 0.15) is 49.1 Å². The van der Waals surface area contributed by atoms with Gasteiger partial charge in [-0.25, -0.2) is 9.79 Å². The number of fused-ring (bicyclic) bond motifs is 1. The predicted octanol–water partition coefficient (Wildman–Crippen LogP) is 5.78. The van der Waals surface area contributed by atoms with Gasteiger partial charge in [-0.05, 0) is 37.5 Å². The van der Waals surface area contributed by atoms with Crippen LogP contribution in [0.3, 0.4) is 0 Å². The van der Waals surface area contributed by atoms with Crippen molar-refractivity contribution in [1.29, 1.82) is 0 Å². The molecule has 44 heavy (non-hydrogen) atoms. The second kappa shape index (κ2) is 12.7. The first-order valence-corrected chi connectivity index (χ1v) is 14.7. The number of nitrogens with zero attached hydrogens (tertiary/aromatic N) is 2. The van der Waals surface area contributed by atoms with Crippen LogP contribution < -0.4 is 5.32 Å². The van der Waals surface area contributed by atoms with Crippen molar-refractivity contribution in [2.45, 2.75) is 56.6 Å². The average Bonchev–Trinajstić information content (AvgIpc) is 3.72. The largest absolute Gasteiger partial charge is 0.450 e. The highest BCUT2D eigenvalue weighted by Crippen LogP contribution is 2.48. The van der Waals surface area contributed by atoms with Gasteiger partial charge in [0.05, 0.1) is 25.7 Å². The van der Waals surface area contributed by atoms with Gasteiger partial charge >= 0.3 is 6.09 Å². The molecule has 2 N–H and O–H groups in total. The van der Waals surface area contributed by atoms with Gasteiger partial charge in [0.2, 0.25) is 0 Å². The zero-order chi connectivity index (χ0) is 30.6. The van der Waals surface area contributed by atoms with Crippen molar-refractivity contribution in [2.75, 3.05) is 13.2 Å². The second-order valence-corrected chi connectivity index (χ2v) is 11.0. The van der Waals surface area contributed by atoms with Gasteiger partial charge in [-0.15, -0.1) is 0 Å². The van der Waals surface area contributed by atoms with Gasteiger partial charge in [0.1, 0.15) is 30.0 Å². The summed E-state index contributed by atoms with van der Waals surface area (Å²) in [6, 6.07) is 30.6. The highest BCUT2D eigenvalue weighted by atomic mass is 16.8. The van der Waals surface area contributed by atoms with Crippen molar-refractivity contribution in [2.24, 2.45) is 4.99 Å². The Bertz CT molecular complexity index is 1460. The average molecular weight is 597 g/mol. The second-order valence-electron chi connectivity index (χ2n) is 11.0. The van der Waals surface area contributed by atoms with Crippen LogP contribution in [0.15, 0.2) is 102 Å². The van der Waals surface area contributed by atoms with Gasteiger partial charge in [0.25, 0.3) is 0 Å². The number of hydrogen-bond acceptors (Lipinski definition) is 8. The highest BCUT2D eigenvalue weighted by molar-refractivity contribution is 5.83. The molecule has 0 aliphatic carbocycles. The molecule has 0 saturated carbocycles. The SMILES string of the molecule is CCOC(=O)N/C=N/c1[nH]ncc1[C@@H]1O[C@H](COC(c2ccccc2)(c2ccccc2)c2ccccc2)[C@H]2OC(C)(C)O[C@H]21. The molecule has 10 nitrogen and oxygen atoms in total. The van der Waals surface area contributed by atoms with Crippen molar-refractivity contribution < 1.29 is 28.5 Å². The van der Waals surface area contributed by atoms with Gasteiger partial charge in [0, 0.05) is 5.56 Å². The summed E-state index contributed by atoms with van der Waals surface area (Å²) in [7, 11) is 0. The summed E-state index contributed by atoms with van der Waals surface area (Å²) >= 11 is 0. The van der Waals surface area contributed by atoms with Crippen LogP contribution in [0.4, 0.5) is 10.6 Å². The maximum absolute atomic E-state index is 11.7. The van der Waals surface area contributed by atoms with Gasteiger partial charge in [-0.1, -0.05) is 91.0 Å². The minimum atomic E-state index is -0.917. The number of rotatable bonds is 10. The number of carbonyl (C=O) groups is 1. The first-order chi connectivity index (χ1) is 21.4. The van der Waals surface area contributed by atoms with E-state index in [2.05, 4.69) is 56.9 Å². The molecule has 0 unspecified atom stereocenters. The Balaban J connectivity index is 1.32. The van der Waals surface area contributed by atoms with E-state index in [1.54, 1.807) is 13.1 Å². The summed E-state index contributed by atoms with van der Waals surface area (Å²) in [6.07, 6.45) is 0.419. The monoisotopic (exact) mass is 596 g/mol. The predicted molar refractivity (Wildman–Crippen MR) is 163 cm³/mol. The van der Waals surface area contributed by atoms with Crippen LogP contribution in [0.2, 0.25) is 0 Å². The molecule has 3 aromatic carbocycles. The summed E-state index contributed by atoms with van der Waals surface area (Å²) in [5.74, 6) is -0.406. The molecule has 2 saturated heterocycles. The van der Waals surface area contributed by atoms with Crippen molar-refractivity contribution in [1.82, 2.24) is 15.5 Å². The Kier molecular flexibility index (Phi) is 8.58. The van der Waals surface area contributed by atoms with E-state index < -0.39 is 41.9 Å². The third-order valence-corrected chi connectivity index (χ3v) is 7.76. The molecule has 10 heteroatoms. The zero-order valence-corrected chi connectivity index (χ0v) is 24.9. The van der Waals surface area contributed by atoms with E-state index in [-0.39, 0.29) is 13.2 Å². The molecule has 4 aromatic rings. The molecule has 4 atom stereocenters. The fourth-order valence-electron chi connectivity index (χ4n) is 5.96. The van der Waals surface area contributed by atoms with E-state index in [4.69, 9.17) is 23.7 Å². The molecule has 0 bridgehead atoms. The van der Waals surface area contributed by atoms with Crippen molar-refractivity contribution in [3.8, 4) is 0 Å². The lowest BCUT2D eigenvalue weighted by atomic mass is 9.80. The Morgan fingerprint density at radius 2 is 1.52 bits per heavy atom. The van der Waals surface area contributed by atoms with Gasteiger partial charge < -0.3 is 23.7 Å². The normalized spacial score (nSPS) is 22.6. The third-order valence-electron chi connectivity index (χ3n) is 7.76. The molecule has 3 heterocycles. The standard InChI is InChI=1S/C34H36N4O6/c1-4-40-32(39)36-22-35-31-26(20-37-38-31)28-30-29(43-33(2,3)44-30)27(42-28)21-41-34(23-14-8-5-9-15-23,24-16-10-6-11-17-24)25-18-12-7-13-19-25/h5-20,22,27-30H,4,21H2,1-3H3,(H2,35,36,37,38,39)/t27-,28+,29-,30+/m1/s1. The van der Waals surface area contributed by atoms with Gasteiger partial charge in [0.15, 0.2) is 11.6 Å². The van der Waals surface area contributed by atoms with E-state index >= 15 is 0 Å². The smallest absolute Gasteiger partial charge is 0.412 e. The number of aromatic amines is 1. The van der Waals surface area contributed by atoms with E-state index in [0.29, 0.717) is 11.4 Å². The van der Waals surface area contributed by atoms with Crippen LogP contribution in [0.5, 0.6) is 0 Å². The zero-order valence-electron chi connectivity index (χ0n) is 24.9. The minimum absolute atomic E-state index is 0.205. The molecule has 1 amide bonds. The van der Waals surface area contributed by atoms with Crippen LogP contribution >= 0.6 is 0 Å². The van der Waals surface area contributed by atoms with Crippen LogP contribution in [-0.4, -0.2) is 59.9 Å². The molecule has 6 rings (SSSR count).